The highest BCUT2D eigenvalue weighted by molar-refractivity contribution is 5.11. The van der Waals surface area contributed by atoms with Gasteiger partial charge >= 0.3 is 0 Å². The molecule has 1 aliphatic rings. The predicted molar refractivity (Wildman–Crippen MR) is 37.2 cm³/mol. The monoisotopic (exact) mass is 146 g/mol. The Labute approximate surface area is 59.9 Å². The molecule has 0 fully saturated rings. The molecule has 10 heavy (non-hydrogen) atoms. The summed E-state index contributed by atoms with van der Waals surface area (Å²) in [5.74, 6) is -2.51. The van der Waals surface area contributed by atoms with Crippen molar-refractivity contribution in [3.05, 3.63) is 11.6 Å². The first-order valence-corrected chi connectivity index (χ1v) is 3.72. The van der Waals surface area contributed by atoms with Gasteiger partial charge in [0.25, 0.3) is 5.92 Å². The van der Waals surface area contributed by atoms with Crippen molar-refractivity contribution < 1.29 is 8.78 Å². The van der Waals surface area contributed by atoms with Gasteiger partial charge < -0.3 is 0 Å². The molecule has 0 aromatic rings. The molecule has 0 bridgehead atoms. The van der Waals surface area contributed by atoms with E-state index in [2.05, 4.69) is 0 Å². The summed E-state index contributed by atoms with van der Waals surface area (Å²) in [7, 11) is 0. The molecule has 0 aromatic heterocycles. The van der Waals surface area contributed by atoms with E-state index >= 15 is 0 Å². The van der Waals surface area contributed by atoms with Crippen LogP contribution in [0.15, 0.2) is 11.6 Å². The van der Waals surface area contributed by atoms with Gasteiger partial charge in [-0.1, -0.05) is 12.5 Å². The van der Waals surface area contributed by atoms with E-state index in [0.29, 0.717) is 6.42 Å². The number of hydrogen-bond acceptors (Lipinski definition) is 0. The molecule has 58 valence electrons. The largest absolute Gasteiger partial charge is 0.266 e. The Kier molecular flexibility index (Phi) is 2.07. The fraction of sp³-hybridized carbons (Fsp3) is 0.750. The Morgan fingerprint density at radius 3 is 2.70 bits per heavy atom. The zero-order valence-electron chi connectivity index (χ0n) is 6.16. The van der Waals surface area contributed by atoms with Crippen LogP contribution in [0.4, 0.5) is 8.78 Å². The molecular weight excluding hydrogens is 134 g/mol. The minimum atomic E-state index is -2.51. The van der Waals surface area contributed by atoms with Crippen LogP contribution >= 0.6 is 0 Å². The van der Waals surface area contributed by atoms with E-state index in [1.807, 2.05) is 6.92 Å². The van der Waals surface area contributed by atoms with Crippen LogP contribution in [0.1, 0.15) is 32.6 Å². The van der Waals surface area contributed by atoms with Crippen molar-refractivity contribution in [3.63, 3.8) is 0 Å². The van der Waals surface area contributed by atoms with Crippen LogP contribution < -0.4 is 0 Å². The number of halogens is 2. The Morgan fingerprint density at radius 1 is 1.60 bits per heavy atom. The van der Waals surface area contributed by atoms with Gasteiger partial charge in [-0.3, -0.25) is 0 Å². The summed E-state index contributed by atoms with van der Waals surface area (Å²) >= 11 is 0. The Bertz CT molecular complexity index is 147. The molecule has 0 radical (unpaired) electrons. The van der Waals surface area contributed by atoms with Crippen molar-refractivity contribution in [1.29, 1.82) is 0 Å². The van der Waals surface area contributed by atoms with Gasteiger partial charge in [-0.05, 0) is 25.3 Å². The first kappa shape index (κ1) is 7.70. The summed E-state index contributed by atoms with van der Waals surface area (Å²) in [4.78, 5) is 0. The third kappa shape index (κ3) is 1.79. The van der Waals surface area contributed by atoms with Crippen molar-refractivity contribution in [2.45, 2.75) is 38.5 Å². The SMILES string of the molecule is CCC1=CC(F)(F)CCC1. The van der Waals surface area contributed by atoms with Crippen molar-refractivity contribution in [2.75, 3.05) is 0 Å². The molecule has 0 saturated heterocycles. The molecule has 0 spiro atoms. The first-order chi connectivity index (χ1) is 4.64. The maximum Gasteiger partial charge on any atom is 0.266 e. The summed E-state index contributed by atoms with van der Waals surface area (Å²) < 4.78 is 25.1. The van der Waals surface area contributed by atoms with E-state index in [9.17, 15) is 8.78 Å². The maximum absolute atomic E-state index is 12.6. The number of rotatable bonds is 1. The van der Waals surface area contributed by atoms with Gasteiger partial charge in [0.2, 0.25) is 0 Å². The average molecular weight is 146 g/mol. The second kappa shape index (κ2) is 2.69. The van der Waals surface area contributed by atoms with Crippen molar-refractivity contribution in [3.8, 4) is 0 Å². The van der Waals surface area contributed by atoms with Crippen LogP contribution in [-0.2, 0) is 0 Å². The lowest BCUT2D eigenvalue weighted by Crippen LogP contribution is -2.16. The molecule has 0 heterocycles. The molecule has 0 nitrogen and oxygen atoms in total. The smallest absolute Gasteiger partial charge is 0.202 e. The fourth-order valence-corrected chi connectivity index (χ4v) is 1.27. The van der Waals surface area contributed by atoms with E-state index in [0.717, 1.165) is 24.5 Å². The van der Waals surface area contributed by atoms with E-state index in [1.165, 1.54) is 0 Å². The van der Waals surface area contributed by atoms with Crippen LogP contribution in [-0.4, -0.2) is 5.92 Å². The lowest BCUT2D eigenvalue weighted by atomic mass is 9.95. The molecule has 0 aliphatic heterocycles. The zero-order chi connectivity index (χ0) is 7.61. The van der Waals surface area contributed by atoms with Gasteiger partial charge in [-0.15, -0.1) is 0 Å². The third-order valence-electron chi connectivity index (χ3n) is 1.88. The van der Waals surface area contributed by atoms with Gasteiger partial charge in [0.15, 0.2) is 0 Å². The maximum atomic E-state index is 12.6. The lowest BCUT2D eigenvalue weighted by molar-refractivity contribution is 0.0369. The van der Waals surface area contributed by atoms with E-state index in [4.69, 9.17) is 0 Å². The van der Waals surface area contributed by atoms with Crippen LogP contribution in [0.5, 0.6) is 0 Å². The standard InChI is InChI=1S/C8H12F2/c1-2-7-4-3-5-8(9,10)6-7/h6H,2-5H2,1H3. The molecule has 1 rings (SSSR count). The normalized spacial score (nSPS) is 24.1. The summed E-state index contributed by atoms with van der Waals surface area (Å²) in [6.45, 7) is 1.92. The zero-order valence-corrected chi connectivity index (χ0v) is 6.16. The third-order valence-corrected chi connectivity index (χ3v) is 1.88. The highest BCUT2D eigenvalue weighted by Crippen LogP contribution is 2.31. The van der Waals surface area contributed by atoms with E-state index in [1.54, 1.807) is 0 Å². The summed E-state index contributed by atoms with van der Waals surface area (Å²) in [6.07, 6.45) is 3.46. The first-order valence-electron chi connectivity index (χ1n) is 3.72. The minimum absolute atomic E-state index is 0.0382. The second-order valence-corrected chi connectivity index (χ2v) is 2.77. The summed E-state index contributed by atoms with van der Waals surface area (Å²) in [6, 6.07) is 0. The summed E-state index contributed by atoms with van der Waals surface area (Å²) in [5, 5.41) is 0. The molecule has 0 atom stereocenters. The minimum Gasteiger partial charge on any atom is -0.202 e. The molecule has 1 aliphatic carbocycles. The molecule has 0 saturated carbocycles. The van der Waals surface area contributed by atoms with Gasteiger partial charge in [-0.2, -0.15) is 0 Å². The number of hydrogen-bond donors (Lipinski definition) is 0. The predicted octanol–water partition coefficient (Wildman–Crippen LogP) is 3.14. The van der Waals surface area contributed by atoms with Crippen LogP contribution in [0.3, 0.4) is 0 Å². The highest BCUT2D eigenvalue weighted by Gasteiger charge is 2.28. The van der Waals surface area contributed by atoms with Crippen LogP contribution in [0.2, 0.25) is 0 Å². The Balaban J connectivity index is 2.66. The number of alkyl halides is 2. The van der Waals surface area contributed by atoms with Gasteiger partial charge in [-0.25, -0.2) is 8.78 Å². The lowest BCUT2D eigenvalue weighted by Gasteiger charge is -2.19. The summed E-state index contributed by atoms with van der Waals surface area (Å²) in [5.41, 5.74) is 0.913. The fourth-order valence-electron chi connectivity index (χ4n) is 1.27. The van der Waals surface area contributed by atoms with E-state index in [-0.39, 0.29) is 6.42 Å². The topological polar surface area (TPSA) is 0 Å². The number of allylic oxidation sites excluding steroid dienone is 2. The van der Waals surface area contributed by atoms with Crippen LogP contribution in [0, 0.1) is 0 Å². The average Bonchev–Trinajstić information content (AvgIpc) is 1.86. The van der Waals surface area contributed by atoms with Crippen molar-refractivity contribution >= 4 is 0 Å². The highest BCUT2D eigenvalue weighted by atomic mass is 19.3. The second-order valence-electron chi connectivity index (χ2n) is 2.77. The molecule has 0 amide bonds. The van der Waals surface area contributed by atoms with Gasteiger partial charge in [0.1, 0.15) is 0 Å². The molecular formula is C8H12F2. The van der Waals surface area contributed by atoms with Crippen molar-refractivity contribution in [1.82, 2.24) is 0 Å². The molecule has 0 aromatic carbocycles. The molecule has 0 N–H and O–H groups in total. The Morgan fingerprint density at radius 2 is 2.30 bits per heavy atom. The van der Waals surface area contributed by atoms with Gasteiger partial charge in [0, 0.05) is 6.42 Å². The van der Waals surface area contributed by atoms with Gasteiger partial charge in [0.05, 0.1) is 0 Å². The van der Waals surface area contributed by atoms with Crippen LogP contribution in [0.25, 0.3) is 0 Å². The molecule has 2 heteroatoms. The molecule has 0 unspecified atom stereocenters. The van der Waals surface area contributed by atoms with Crippen molar-refractivity contribution in [2.24, 2.45) is 0 Å². The Hall–Kier alpha value is -0.400. The quantitative estimate of drug-likeness (QED) is 0.498. The van der Waals surface area contributed by atoms with E-state index < -0.39 is 5.92 Å².